The van der Waals surface area contributed by atoms with Crippen molar-refractivity contribution >= 4 is 23.0 Å². The lowest BCUT2D eigenvalue weighted by atomic mass is 10.3. The third-order valence-corrected chi connectivity index (χ3v) is 2.00. The number of pyridine rings is 1. The van der Waals surface area contributed by atoms with Gasteiger partial charge in [-0.3, -0.25) is 4.98 Å². The predicted octanol–water partition coefficient (Wildman–Crippen LogP) is 0.0823. The minimum absolute atomic E-state index is 0.200. The fourth-order valence-corrected chi connectivity index (χ4v) is 1.18. The first-order valence-electron chi connectivity index (χ1n) is 4.06. The van der Waals surface area contributed by atoms with Gasteiger partial charge in [0.1, 0.15) is 0 Å². The summed E-state index contributed by atoms with van der Waals surface area (Å²) in [6, 6.07) is -0.475. The summed E-state index contributed by atoms with van der Waals surface area (Å²) < 4.78 is 0. The zero-order valence-corrected chi connectivity index (χ0v) is 8.20. The first-order chi connectivity index (χ1) is 6.69. The Balaban J connectivity index is 2.84. The third-order valence-electron chi connectivity index (χ3n) is 1.72. The molecule has 0 amide bonds. The molecule has 0 aromatic carbocycles. The lowest BCUT2D eigenvalue weighted by Crippen LogP contribution is -2.28. The Labute approximate surface area is 86.5 Å². The Hall–Kier alpha value is -1.04. The van der Waals surface area contributed by atoms with Crippen LogP contribution < -0.4 is 11.1 Å². The van der Waals surface area contributed by atoms with E-state index in [1.54, 1.807) is 0 Å². The number of nitrogens with one attached hydrogen (secondary N) is 1. The maximum Gasteiger partial charge on any atom is 0.0841 e. The second-order valence-electron chi connectivity index (χ2n) is 2.79. The van der Waals surface area contributed by atoms with Crippen LogP contribution in [0.5, 0.6) is 0 Å². The highest BCUT2D eigenvalue weighted by molar-refractivity contribution is 6.33. The molecule has 0 bridgehead atoms. The number of aromatic nitrogens is 1. The van der Waals surface area contributed by atoms with Crippen molar-refractivity contribution in [3.63, 3.8) is 0 Å². The van der Waals surface area contributed by atoms with Crippen LogP contribution in [0, 0.1) is 0 Å². The van der Waals surface area contributed by atoms with E-state index in [1.165, 1.54) is 12.4 Å². The number of anilines is 2. The van der Waals surface area contributed by atoms with Crippen LogP contribution in [0.3, 0.4) is 0 Å². The monoisotopic (exact) mass is 217 g/mol. The average Bonchev–Trinajstić information content (AvgIpc) is 2.18. The summed E-state index contributed by atoms with van der Waals surface area (Å²) >= 11 is 5.82. The van der Waals surface area contributed by atoms with Gasteiger partial charge in [-0.15, -0.1) is 0 Å². The van der Waals surface area contributed by atoms with E-state index in [4.69, 9.17) is 27.5 Å². The van der Waals surface area contributed by atoms with Crippen LogP contribution in [0.15, 0.2) is 12.4 Å². The fourth-order valence-electron chi connectivity index (χ4n) is 0.955. The highest BCUT2D eigenvalue weighted by atomic mass is 35.5. The maximum atomic E-state index is 8.85. The molecule has 0 saturated carbocycles. The quantitative estimate of drug-likeness (QED) is 0.574. The lowest BCUT2D eigenvalue weighted by Gasteiger charge is -2.16. The van der Waals surface area contributed by atoms with Crippen molar-refractivity contribution in [2.75, 3.05) is 24.3 Å². The molecule has 5 nitrogen and oxygen atoms in total. The maximum absolute atomic E-state index is 8.85. The van der Waals surface area contributed by atoms with Gasteiger partial charge in [-0.25, -0.2) is 0 Å². The molecule has 78 valence electrons. The van der Waals surface area contributed by atoms with Gasteiger partial charge in [0, 0.05) is 6.20 Å². The van der Waals surface area contributed by atoms with Gasteiger partial charge < -0.3 is 21.3 Å². The Morgan fingerprint density at radius 2 is 2.07 bits per heavy atom. The molecular formula is C8H12ClN3O2. The van der Waals surface area contributed by atoms with Crippen molar-refractivity contribution in [3.8, 4) is 0 Å². The smallest absolute Gasteiger partial charge is 0.0841 e. The molecule has 0 aliphatic carbocycles. The molecule has 5 N–H and O–H groups in total. The molecule has 1 rings (SSSR count). The Morgan fingerprint density at radius 3 is 2.57 bits per heavy atom. The summed E-state index contributed by atoms with van der Waals surface area (Å²) in [5.74, 6) is 0. The minimum atomic E-state index is -0.475. The van der Waals surface area contributed by atoms with Gasteiger partial charge in [-0.05, 0) is 0 Å². The zero-order valence-electron chi connectivity index (χ0n) is 7.44. The number of aliphatic hydroxyl groups is 2. The molecule has 1 aromatic heterocycles. The van der Waals surface area contributed by atoms with E-state index in [0.717, 1.165) is 0 Å². The molecule has 0 aliphatic rings. The van der Waals surface area contributed by atoms with Crippen molar-refractivity contribution < 1.29 is 10.2 Å². The van der Waals surface area contributed by atoms with Gasteiger partial charge in [0.2, 0.25) is 0 Å². The molecule has 0 aliphatic heterocycles. The number of hydrogen-bond donors (Lipinski definition) is 4. The molecule has 0 spiro atoms. The molecule has 1 heterocycles. The van der Waals surface area contributed by atoms with Crippen LogP contribution in [-0.4, -0.2) is 34.5 Å². The molecule has 0 atom stereocenters. The largest absolute Gasteiger partial charge is 0.396 e. The predicted molar refractivity (Wildman–Crippen MR) is 55.2 cm³/mol. The lowest BCUT2D eigenvalue weighted by molar-refractivity contribution is 0.204. The van der Waals surface area contributed by atoms with Crippen LogP contribution in [0.2, 0.25) is 5.02 Å². The number of halogens is 1. The van der Waals surface area contributed by atoms with Crippen molar-refractivity contribution in [3.05, 3.63) is 17.4 Å². The molecule has 14 heavy (non-hydrogen) atoms. The standard InChI is InChI=1S/C8H12ClN3O2/c9-6-1-11-2-7(10)8(6)12-5(3-13)4-14/h1-2,5,13-14H,3-4,10H2,(H,11,12). The zero-order chi connectivity index (χ0) is 10.6. The van der Waals surface area contributed by atoms with E-state index in [9.17, 15) is 0 Å². The SMILES string of the molecule is Nc1cncc(Cl)c1NC(CO)CO. The van der Waals surface area contributed by atoms with Crippen molar-refractivity contribution in [2.24, 2.45) is 0 Å². The van der Waals surface area contributed by atoms with Gasteiger partial charge in [-0.2, -0.15) is 0 Å². The molecular weight excluding hydrogens is 206 g/mol. The van der Waals surface area contributed by atoms with E-state index in [0.29, 0.717) is 16.4 Å². The normalized spacial score (nSPS) is 10.6. The number of nitrogen functional groups attached to an aromatic ring is 1. The second kappa shape index (κ2) is 4.99. The molecule has 0 saturated heterocycles. The molecule has 1 aromatic rings. The number of aliphatic hydroxyl groups excluding tert-OH is 2. The summed E-state index contributed by atoms with van der Waals surface area (Å²) in [6.07, 6.45) is 2.88. The summed E-state index contributed by atoms with van der Waals surface area (Å²) in [7, 11) is 0. The molecule has 6 heteroatoms. The number of rotatable bonds is 4. The number of hydrogen-bond acceptors (Lipinski definition) is 5. The van der Waals surface area contributed by atoms with E-state index in [1.807, 2.05) is 0 Å². The van der Waals surface area contributed by atoms with Gasteiger partial charge in [0.15, 0.2) is 0 Å². The molecule has 0 fully saturated rings. The first-order valence-corrected chi connectivity index (χ1v) is 4.44. The third kappa shape index (κ3) is 2.47. The second-order valence-corrected chi connectivity index (χ2v) is 3.20. The van der Waals surface area contributed by atoms with Crippen molar-refractivity contribution in [1.82, 2.24) is 4.98 Å². The summed E-state index contributed by atoms with van der Waals surface area (Å²) in [5, 5.41) is 20.9. The van der Waals surface area contributed by atoms with Crippen molar-refractivity contribution in [2.45, 2.75) is 6.04 Å². The minimum Gasteiger partial charge on any atom is -0.396 e. The Kier molecular flexibility index (Phi) is 3.94. The van der Waals surface area contributed by atoms with Crippen LogP contribution >= 0.6 is 11.6 Å². The average molecular weight is 218 g/mol. The van der Waals surface area contributed by atoms with Gasteiger partial charge in [-0.1, -0.05) is 11.6 Å². The number of nitrogens with zero attached hydrogens (tertiary/aromatic N) is 1. The van der Waals surface area contributed by atoms with Gasteiger partial charge in [0.25, 0.3) is 0 Å². The van der Waals surface area contributed by atoms with E-state index in [-0.39, 0.29) is 13.2 Å². The summed E-state index contributed by atoms with van der Waals surface area (Å²) in [4.78, 5) is 3.78. The topological polar surface area (TPSA) is 91.4 Å². The van der Waals surface area contributed by atoms with E-state index < -0.39 is 6.04 Å². The highest BCUT2D eigenvalue weighted by Crippen LogP contribution is 2.26. The van der Waals surface area contributed by atoms with Crippen molar-refractivity contribution in [1.29, 1.82) is 0 Å². The fraction of sp³-hybridized carbons (Fsp3) is 0.375. The van der Waals surface area contributed by atoms with E-state index >= 15 is 0 Å². The Bertz CT molecular complexity index is 284. The molecule has 0 radical (unpaired) electrons. The van der Waals surface area contributed by atoms with Gasteiger partial charge in [0.05, 0.1) is 41.8 Å². The van der Waals surface area contributed by atoms with Crippen LogP contribution in [0.4, 0.5) is 11.4 Å². The summed E-state index contributed by atoms with van der Waals surface area (Å²) in [6.45, 7) is -0.400. The summed E-state index contributed by atoms with van der Waals surface area (Å²) in [5.41, 5.74) is 6.47. The van der Waals surface area contributed by atoms with E-state index in [2.05, 4.69) is 10.3 Å². The molecule has 0 unspecified atom stereocenters. The van der Waals surface area contributed by atoms with Gasteiger partial charge >= 0.3 is 0 Å². The Morgan fingerprint density at radius 1 is 1.43 bits per heavy atom. The van der Waals surface area contributed by atoms with Crippen LogP contribution in [-0.2, 0) is 0 Å². The van der Waals surface area contributed by atoms with Crippen LogP contribution in [0.1, 0.15) is 0 Å². The van der Waals surface area contributed by atoms with Crippen LogP contribution in [0.25, 0.3) is 0 Å². The first kappa shape index (κ1) is 11.0. The highest BCUT2D eigenvalue weighted by Gasteiger charge is 2.10. The number of nitrogens with two attached hydrogens (primary N) is 1.